The van der Waals surface area contributed by atoms with Gasteiger partial charge in [0.25, 0.3) is 0 Å². The molecule has 0 aromatic heterocycles. The van der Waals surface area contributed by atoms with Crippen LogP contribution < -0.4 is 5.32 Å². The Morgan fingerprint density at radius 1 is 1.45 bits per heavy atom. The number of nitrogens with one attached hydrogen (secondary N) is 1. The van der Waals surface area contributed by atoms with Crippen molar-refractivity contribution in [2.45, 2.75) is 52.4 Å². The zero-order chi connectivity index (χ0) is 14.8. The van der Waals surface area contributed by atoms with Gasteiger partial charge >= 0.3 is 0 Å². The van der Waals surface area contributed by atoms with Gasteiger partial charge in [-0.3, -0.25) is 9.59 Å². The largest absolute Gasteiger partial charge is 0.355 e. The molecule has 1 saturated heterocycles. The molecule has 0 saturated carbocycles. The van der Waals surface area contributed by atoms with E-state index >= 15 is 0 Å². The predicted octanol–water partition coefficient (Wildman–Crippen LogP) is 2.46. The number of piperidine rings is 1. The van der Waals surface area contributed by atoms with E-state index < -0.39 is 0 Å². The van der Waals surface area contributed by atoms with Crippen LogP contribution >= 0.6 is 0 Å². The standard InChI is InChI=1S/C16H26N2O2/c1-12(2)10-14(19)17-11-16-8-5-4-6-13(16)18(3)15(20)7-9-16/h6,12H,4-5,7-11H2,1-3H3,(H,17,19). The van der Waals surface area contributed by atoms with Crippen molar-refractivity contribution in [1.82, 2.24) is 10.2 Å². The lowest BCUT2D eigenvalue weighted by Crippen LogP contribution is -2.49. The molecule has 2 rings (SSSR count). The van der Waals surface area contributed by atoms with E-state index in [9.17, 15) is 9.59 Å². The minimum absolute atomic E-state index is 0.0203. The highest BCUT2D eigenvalue weighted by Gasteiger charge is 2.43. The molecule has 1 N–H and O–H groups in total. The van der Waals surface area contributed by atoms with Gasteiger partial charge in [0.15, 0.2) is 0 Å². The van der Waals surface area contributed by atoms with Gasteiger partial charge in [-0.1, -0.05) is 19.9 Å². The van der Waals surface area contributed by atoms with E-state index in [-0.39, 0.29) is 17.2 Å². The number of nitrogens with zero attached hydrogens (tertiary/aromatic N) is 1. The van der Waals surface area contributed by atoms with Crippen molar-refractivity contribution in [2.24, 2.45) is 11.3 Å². The first-order valence-corrected chi connectivity index (χ1v) is 7.68. The Balaban J connectivity index is 2.07. The molecule has 1 unspecified atom stereocenters. The van der Waals surface area contributed by atoms with Crippen molar-refractivity contribution in [3.63, 3.8) is 0 Å². The van der Waals surface area contributed by atoms with Crippen LogP contribution in [0.2, 0.25) is 0 Å². The SMILES string of the molecule is CC(C)CC(=O)NCC12CCCC=C1N(C)C(=O)CC2. The van der Waals surface area contributed by atoms with Gasteiger partial charge in [-0.25, -0.2) is 0 Å². The third-order valence-electron chi connectivity index (χ3n) is 4.51. The molecule has 0 aromatic rings. The Kier molecular flexibility index (Phi) is 4.51. The number of likely N-dealkylation sites (tertiary alicyclic amines) is 1. The van der Waals surface area contributed by atoms with Gasteiger partial charge in [0.1, 0.15) is 0 Å². The molecule has 4 heteroatoms. The maximum atomic E-state index is 11.9. The van der Waals surface area contributed by atoms with Crippen LogP contribution in [-0.4, -0.2) is 30.3 Å². The topological polar surface area (TPSA) is 49.4 Å². The van der Waals surface area contributed by atoms with Gasteiger partial charge in [0, 0.05) is 37.5 Å². The average molecular weight is 278 g/mol. The first-order valence-electron chi connectivity index (χ1n) is 7.68. The zero-order valence-corrected chi connectivity index (χ0v) is 12.9. The van der Waals surface area contributed by atoms with Crippen LogP contribution in [0.15, 0.2) is 11.8 Å². The van der Waals surface area contributed by atoms with Gasteiger partial charge in [-0.2, -0.15) is 0 Å². The number of allylic oxidation sites excluding steroid dienone is 1. The van der Waals surface area contributed by atoms with Crippen molar-refractivity contribution >= 4 is 11.8 Å². The molecule has 0 spiro atoms. The number of fused-ring (bicyclic) bond motifs is 1. The molecule has 1 heterocycles. The molecule has 20 heavy (non-hydrogen) atoms. The fourth-order valence-corrected chi connectivity index (χ4v) is 3.40. The second kappa shape index (κ2) is 5.98. The summed E-state index contributed by atoms with van der Waals surface area (Å²) in [6.45, 7) is 4.77. The molecule has 0 aromatic carbocycles. The van der Waals surface area contributed by atoms with E-state index in [2.05, 4.69) is 25.2 Å². The minimum Gasteiger partial charge on any atom is -0.355 e. The molecule has 112 valence electrons. The number of rotatable bonds is 4. The van der Waals surface area contributed by atoms with Gasteiger partial charge in [0.2, 0.25) is 11.8 Å². The summed E-state index contributed by atoms with van der Waals surface area (Å²) >= 11 is 0. The predicted molar refractivity (Wildman–Crippen MR) is 78.8 cm³/mol. The smallest absolute Gasteiger partial charge is 0.226 e. The number of carbonyl (C=O) groups is 2. The maximum Gasteiger partial charge on any atom is 0.226 e. The fraction of sp³-hybridized carbons (Fsp3) is 0.750. The van der Waals surface area contributed by atoms with Crippen LogP contribution in [0.25, 0.3) is 0 Å². The first kappa shape index (κ1) is 15.1. The Labute approximate surface area is 121 Å². The lowest BCUT2D eigenvalue weighted by atomic mass is 9.70. The Hall–Kier alpha value is -1.32. The zero-order valence-electron chi connectivity index (χ0n) is 12.9. The summed E-state index contributed by atoms with van der Waals surface area (Å²) in [5.41, 5.74) is 1.11. The maximum absolute atomic E-state index is 11.9. The molecule has 0 bridgehead atoms. The lowest BCUT2D eigenvalue weighted by molar-refractivity contribution is -0.132. The summed E-state index contributed by atoms with van der Waals surface area (Å²) in [6.07, 6.45) is 7.47. The van der Waals surface area contributed by atoms with Gasteiger partial charge < -0.3 is 10.2 Å². The van der Waals surface area contributed by atoms with Gasteiger partial charge in [-0.05, 0) is 31.6 Å². The lowest BCUT2D eigenvalue weighted by Gasteiger charge is -2.46. The van der Waals surface area contributed by atoms with Crippen LogP contribution in [0.1, 0.15) is 52.4 Å². The molecule has 2 amide bonds. The van der Waals surface area contributed by atoms with Crippen LogP contribution in [0.4, 0.5) is 0 Å². The Bertz CT molecular complexity index is 428. The summed E-state index contributed by atoms with van der Waals surface area (Å²) in [5, 5.41) is 3.09. The quantitative estimate of drug-likeness (QED) is 0.858. The molecule has 1 aliphatic heterocycles. The third kappa shape index (κ3) is 3.05. The van der Waals surface area contributed by atoms with Crippen LogP contribution in [0.3, 0.4) is 0 Å². The summed E-state index contributed by atoms with van der Waals surface area (Å²) in [4.78, 5) is 25.6. The van der Waals surface area contributed by atoms with E-state index in [1.807, 2.05) is 7.05 Å². The molecule has 1 aliphatic carbocycles. The fourth-order valence-electron chi connectivity index (χ4n) is 3.40. The summed E-state index contributed by atoms with van der Waals surface area (Å²) < 4.78 is 0. The molecule has 1 atom stereocenters. The van der Waals surface area contributed by atoms with Crippen LogP contribution in [-0.2, 0) is 9.59 Å². The average Bonchev–Trinajstić information content (AvgIpc) is 2.41. The summed E-state index contributed by atoms with van der Waals surface area (Å²) in [6, 6.07) is 0. The van der Waals surface area contributed by atoms with E-state index in [4.69, 9.17) is 0 Å². The number of hydrogen-bond donors (Lipinski definition) is 1. The van der Waals surface area contributed by atoms with Crippen LogP contribution in [0, 0.1) is 11.3 Å². The van der Waals surface area contributed by atoms with E-state index in [1.54, 1.807) is 4.90 Å². The third-order valence-corrected chi connectivity index (χ3v) is 4.51. The van der Waals surface area contributed by atoms with Crippen molar-refractivity contribution in [3.05, 3.63) is 11.8 Å². The van der Waals surface area contributed by atoms with Crippen molar-refractivity contribution in [1.29, 1.82) is 0 Å². The second-order valence-electron chi connectivity index (χ2n) is 6.59. The van der Waals surface area contributed by atoms with E-state index in [0.29, 0.717) is 25.3 Å². The number of carbonyl (C=O) groups excluding carboxylic acids is 2. The number of amides is 2. The second-order valence-corrected chi connectivity index (χ2v) is 6.59. The van der Waals surface area contributed by atoms with E-state index in [1.165, 1.54) is 0 Å². The van der Waals surface area contributed by atoms with Crippen molar-refractivity contribution in [3.8, 4) is 0 Å². The van der Waals surface area contributed by atoms with E-state index in [0.717, 1.165) is 31.4 Å². The highest BCUT2D eigenvalue weighted by atomic mass is 16.2. The minimum atomic E-state index is -0.0203. The highest BCUT2D eigenvalue weighted by Crippen LogP contribution is 2.45. The highest BCUT2D eigenvalue weighted by molar-refractivity contribution is 5.80. The number of hydrogen-bond acceptors (Lipinski definition) is 2. The summed E-state index contributed by atoms with van der Waals surface area (Å²) in [5.74, 6) is 0.700. The Morgan fingerprint density at radius 3 is 2.90 bits per heavy atom. The molecule has 0 radical (unpaired) electrons. The Morgan fingerprint density at radius 2 is 2.20 bits per heavy atom. The van der Waals surface area contributed by atoms with Crippen molar-refractivity contribution in [2.75, 3.05) is 13.6 Å². The molecular weight excluding hydrogens is 252 g/mol. The molecule has 2 aliphatic rings. The molecular formula is C16H26N2O2. The monoisotopic (exact) mass is 278 g/mol. The van der Waals surface area contributed by atoms with Crippen molar-refractivity contribution < 1.29 is 9.59 Å². The van der Waals surface area contributed by atoms with Gasteiger partial charge in [-0.15, -0.1) is 0 Å². The first-order chi connectivity index (χ1) is 9.44. The normalized spacial score (nSPS) is 26.3. The molecule has 1 fully saturated rings. The summed E-state index contributed by atoms with van der Waals surface area (Å²) in [7, 11) is 1.86. The van der Waals surface area contributed by atoms with Gasteiger partial charge in [0.05, 0.1) is 0 Å². The van der Waals surface area contributed by atoms with Crippen LogP contribution in [0.5, 0.6) is 0 Å². The molecule has 4 nitrogen and oxygen atoms in total.